The van der Waals surface area contributed by atoms with E-state index in [1.54, 1.807) is 30.3 Å². The van der Waals surface area contributed by atoms with E-state index in [-0.39, 0.29) is 50.5 Å². The minimum absolute atomic E-state index is 0. The van der Waals surface area contributed by atoms with Crippen LogP contribution in [0.15, 0.2) is 76.5 Å². The van der Waals surface area contributed by atoms with Gasteiger partial charge in [0, 0.05) is 11.1 Å². The second kappa shape index (κ2) is 8.73. The zero-order chi connectivity index (χ0) is 19.8. The number of benzene rings is 3. The van der Waals surface area contributed by atoms with Crippen molar-refractivity contribution in [1.82, 2.24) is 0 Å². The standard InChI is InChI=1S/C18H15O6PS2.Na.H/c19-26(20,21)16-10-3-1-6-12(16)13-8-5-9-15(25)18(13)14-7-2-4-11-17(14)27(22,23)24;;/h1-11H,25H2,(H,19,20,21)(H,22,23,24);;. The van der Waals surface area contributed by atoms with E-state index in [1.165, 1.54) is 36.4 Å². The predicted octanol–water partition coefficient (Wildman–Crippen LogP) is 2.37. The normalized spacial score (nSPS) is 11.7. The molecule has 28 heavy (non-hydrogen) atoms. The fourth-order valence-corrected chi connectivity index (χ4v) is 4.73. The van der Waals surface area contributed by atoms with Crippen molar-refractivity contribution in [1.29, 1.82) is 0 Å². The molecule has 1 unspecified atom stereocenters. The van der Waals surface area contributed by atoms with Crippen LogP contribution in [0, 0.1) is 0 Å². The molecule has 0 spiro atoms. The number of hydrogen-bond donors (Lipinski definition) is 2. The molecule has 0 aromatic heterocycles. The molecule has 3 aromatic rings. The Balaban J connectivity index is 0.00000280. The molecule has 0 aliphatic heterocycles. The van der Waals surface area contributed by atoms with E-state index < -0.39 is 20.2 Å². The van der Waals surface area contributed by atoms with Crippen LogP contribution in [0.1, 0.15) is 0 Å². The zero-order valence-electron chi connectivity index (χ0n) is 13.8. The third-order valence-corrected chi connectivity index (χ3v) is 6.29. The van der Waals surface area contributed by atoms with Gasteiger partial charge in [-0.05, 0) is 28.6 Å². The van der Waals surface area contributed by atoms with Gasteiger partial charge in [-0.2, -0.15) is 16.8 Å². The molecule has 0 bridgehead atoms. The van der Waals surface area contributed by atoms with E-state index in [0.29, 0.717) is 16.4 Å². The summed E-state index contributed by atoms with van der Waals surface area (Å²) in [6.07, 6.45) is 0. The molecule has 0 saturated heterocycles. The summed E-state index contributed by atoms with van der Waals surface area (Å²) in [4.78, 5) is -0.600. The van der Waals surface area contributed by atoms with Gasteiger partial charge in [0.15, 0.2) is 0 Å². The van der Waals surface area contributed by atoms with E-state index in [4.69, 9.17) is 0 Å². The van der Waals surface area contributed by atoms with Gasteiger partial charge in [0.25, 0.3) is 20.2 Å². The van der Waals surface area contributed by atoms with Crippen LogP contribution in [0.2, 0.25) is 0 Å². The maximum absolute atomic E-state index is 11.8. The molecule has 0 saturated carbocycles. The van der Waals surface area contributed by atoms with Gasteiger partial charge in [0.1, 0.15) is 9.79 Å². The van der Waals surface area contributed by atoms with E-state index in [1.807, 2.05) is 0 Å². The quantitative estimate of drug-likeness (QED) is 0.362. The van der Waals surface area contributed by atoms with Crippen molar-refractivity contribution in [3.63, 3.8) is 0 Å². The summed E-state index contributed by atoms with van der Waals surface area (Å²) in [7, 11) is -6.55. The SMILES string of the molecule is O=S(=O)(O)c1ccccc1-c1cccc(P)c1-c1ccccc1S(=O)(=O)O.[NaH]. The molecule has 0 aliphatic rings. The van der Waals surface area contributed by atoms with Gasteiger partial charge in [0.2, 0.25) is 0 Å². The Hall–Kier alpha value is -1.09. The summed E-state index contributed by atoms with van der Waals surface area (Å²) in [5.74, 6) is 0. The molecular formula is C18H16NaO6PS2. The fraction of sp³-hybridized carbons (Fsp3) is 0. The molecule has 0 aliphatic carbocycles. The summed E-state index contributed by atoms with van der Waals surface area (Å²) in [6.45, 7) is 0. The van der Waals surface area contributed by atoms with E-state index in [2.05, 4.69) is 9.24 Å². The maximum atomic E-state index is 11.8. The van der Waals surface area contributed by atoms with Gasteiger partial charge in [-0.1, -0.05) is 54.6 Å². The fourth-order valence-electron chi connectivity index (χ4n) is 2.91. The molecule has 1 atom stereocenters. The van der Waals surface area contributed by atoms with Crippen LogP contribution in [-0.4, -0.2) is 55.5 Å². The first-order chi connectivity index (χ1) is 12.6. The summed E-state index contributed by atoms with van der Waals surface area (Å²) in [6, 6.07) is 16.7. The van der Waals surface area contributed by atoms with Crippen molar-refractivity contribution in [3.8, 4) is 22.3 Å². The average Bonchev–Trinajstić information content (AvgIpc) is 2.60. The van der Waals surface area contributed by atoms with Gasteiger partial charge in [-0.25, -0.2) is 0 Å². The molecule has 3 rings (SSSR count). The Labute approximate surface area is 188 Å². The Morgan fingerprint density at radius 2 is 1.04 bits per heavy atom. The van der Waals surface area contributed by atoms with Crippen LogP contribution in [0.3, 0.4) is 0 Å². The average molecular weight is 446 g/mol. The van der Waals surface area contributed by atoms with Crippen molar-refractivity contribution in [2.24, 2.45) is 0 Å². The first-order valence-electron chi connectivity index (χ1n) is 7.63. The molecule has 2 N–H and O–H groups in total. The van der Waals surface area contributed by atoms with Gasteiger partial charge < -0.3 is 0 Å². The minimum atomic E-state index is -4.51. The first-order valence-corrected chi connectivity index (χ1v) is 11.1. The van der Waals surface area contributed by atoms with Crippen LogP contribution in [-0.2, 0) is 20.2 Å². The Kier molecular flexibility index (Phi) is 7.23. The summed E-state index contributed by atoms with van der Waals surface area (Å²) >= 11 is 0. The second-order valence-electron chi connectivity index (χ2n) is 5.71. The van der Waals surface area contributed by atoms with Gasteiger partial charge in [0.05, 0.1) is 0 Å². The third-order valence-electron chi connectivity index (χ3n) is 3.99. The Bertz CT molecular complexity index is 1240. The van der Waals surface area contributed by atoms with Crippen molar-refractivity contribution in [2.75, 3.05) is 0 Å². The molecule has 3 aromatic carbocycles. The number of hydrogen-bond acceptors (Lipinski definition) is 4. The molecule has 0 amide bonds. The van der Waals surface area contributed by atoms with Crippen LogP contribution in [0.25, 0.3) is 22.3 Å². The topological polar surface area (TPSA) is 109 Å². The number of rotatable bonds is 4. The van der Waals surface area contributed by atoms with Crippen LogP contribution < -0.4 is 5.30 Å². The molecule has 0 heterocycles. The molecule has 10 heteroatoms. The van der Waals surface area contributed by atoms with Gasteiger partial charge in [-0.3, -0.25) is 9.11 Å². The molecule has 142 valence electrons. The van der Waals surface area contributed by atoms with Gasteiger partial charge in [-0.15, -0.1) is 9.24 Å². The summed E-state index contributed by atoms with van der Waals surface area (Å²) in [5.41, 5.74) is 1.23. The van der Waals surface area contributed by atoms with Gasteiger partial charge >= 0.3 is 29.6 Å². The Morgan fingerprint density at radius 3 is 1.57 bits per heavy atom. The molecule has 6 nitrogen and oxygen atoms in total. The van der Waals surface area contributed by atoms with Crippen molar-refractivity contribution in [3.05, 3.63) is 66.7 Å². The monoisotopic (exact) mass is 446 g/mol. The van der Waals surface area contributed by atoms with E-state index in [0.717, 1.165) is 0 Å². The molecular weight excluding hydrogens is 430 g/mol. The third kappa shape index (κ3) is 4.72. The molecule has 0 fully saturated rings. The van der Waals surface area contributed by atoms with Crippen molar-refractivity contribution >= 4 is 64.3 Å². The van der Waals surface area contributed by atoms with Crippen molar-refractivity contribution < 1.29 is 25.9 Å². The zero-order valence-corrected chi connectivity index (χ0v) is 16.6. The van der Waals surface area contributed by atoms with Crippen LogP contribution in [0.5, 0.6) is 0 Å². The van der Waals surface area contributed by atoms with Crippen LogP contribution >= 0.6 is 9.24 Å². The summed E-state index contributed by atoms with van der Waals surface area (Å²) < 4.78 is 66.4. The van der Waals surface area contributed by atoms with Crippen molar-refractivity contribution in [2.45, 2.75) is 9.79 Å². The molecule has 0 radical (unpaired) electrons. The van der Waals surface area contributed by atoms with E-state index in [9.17, 15) is 25.9 Å². The summed E-state index contributed by atoms with van der Waals surface area (Å²) in [5, 5.41) is 0.591. The van der Waals surface area contributed by atoms with Crippen LogP contribution in [0.4, 0.5) is 0 Å². The Morgan fingerprint density at radius 1 is 0.607 bits per heavy atom. The van der Waals surface area contributed by atoms with E-state index >= 15 is 0 Å². The predicted molar refractivity (Wildman–Crippen MR) is 113 cm³/mol. The first kappa shape index (κ1) is 23.2. The second-order valence-corrected chi connectivity index (χ2v) is 9.11.